The summed E-state index contributed by atoms with van der Waals surface area (Å²) in [6.45, 7) is 3.10. The molecule has 1 aliphatic heterocycles. The highest BCUT2D eigenvalue weighted by molar-refractivity contribution is 5.80. The summed E-state index contributed by atoms with van der Waals surface area (Å²) < 4.78 is 5.70. The smallest absolute Gasteiger partial charge is 0.191 e. The number of hydrogen-bond acceptors (Lipinski definition) is 3. The molecule has 0 amide bonds. The van der Waals surface area contributed by atoms with E-state index in [9.17, 15) is 0 Å². The lowest BCUT2D eigenvalue weighted by Gasteiger charge is -2.34. The summed E-state index contributed by atoms with van der Waals surface area (Å²) in [6, 6.07) is 4.80. The number of nitrogens with zero attached hydrogens (tertiary/aromatic N) is 2. The summed E-state index contributed by atoms with van der Waals surface area (Å²) in [6.07, 6.45) is 12.3. The van der Waals surface area contributed by atoms with E-state index in [4.69, 9.17) is 4.42 Å². The van der Waals surface area contributed by atoms with Gasteiger partial charge in [-0.25, -0.2) is 0 Å². The van der Waals surface area contributed by atoms with Gasteiger partial charge in [0.15, 0.2) is 5.96 Å². The van der Waals surface area contributed by atoms with Gasteiger partial charge < -0.3 is 15.1 Å². The normalized spacial score (nSPS) is 21.5. The Balaban J connectivity index is 1.58. The molecule has 2 aliphatic rings. The minimum atomic E-state index is 0.269. The fourth-order valence-corrected chi connectivity index (χ4v) is 3.44. The average Bonchev–Trinajstić information content (AvgIpc) is 3.29. The molecule has 2 heterocycles. The highest BCUT2D eigenvalue weighted by Crippen LogP contribution is 2.24. The van der Waals surface area contributed by atoms with Crippen molar-refractivity contribution in [2.75, 3.05) is 26.7 Å². The van der Waals surface area contributed by atoms with E-state index >= 15 is 0 Å². The van der Waals surface area contributed by atoms with Crippen LogP contribution in [0.5, 0.6) is 0 Å². The standard InChI is InChI=1S/C18H28N4O/c1-19-18(21-15-8-3-4-9-15)20-14-16(17-10-7-13-23-17)22-11-5-2-6-12-22/h3-4,7,10,13,15-16H,2,5-6,8-9,11-12,14H2,1H3,(H2,19,20,21). The van der Waals surface area contributed by atoms with Crippen molar-refractivity contribution in [3.63, 3.8) is 0 Å². The van der Waals surface area contributed by atoms with Crippen LogP contribution in [-0.2, 0) is 0 Å². The minimum absolute atomic E-state index is 0.269. The van der Waals surface area contributed by atoms with Crippen molar-refractivity contribution in [1.82, 2.24) is 15.5 Å². The second-order valence-corrected chi connectivity index (χ2v) is 6.37. The van der Waals surface area contributed by atoms with E-state index in [0.29, 0.717) is 6.04 Å². The van der Waals surface area contributed by atoms with E-state index in [1.165, 1.54) is 19.3 Å². The average molecular weight is 316 g/mol. The lowest BCUT2D eigenvalue weighted by Crippen LogP contribution is -2.46. The molecule has 0 aromatic carbocycles. The Morgan fingerprint density at radius 1 is 1.30 bits per heavy atom. The van der Waals surface area contributed by atoms with Crippen molar-refractivity contribution in [1.29, 1.82) is 0 Å². The zero-order valence-corrected chi connectivity index (χ0v) is 14.0. The molecular formula is C18H28N4O. The van der Waals surface area contributed by atoms with E-state index in [0.717, 1.165) is 44.2 Å². The van der Waals surface area contributed by atoms with Gasteiger partial charge in [0.1, 0.15) is 5.76 Å². The van der Waals surface area contributed by atoms with Crippen molar-refractivity contribution < 1.29 is 4.42 Å². The number of nitrogens with one attached hydrogen (secondary N) is 2. The quantitative estimate of drug-likeness (QED) is 0.498. The maximum Gasteiger partial charge on any atom is 0.191 e. The van der Waals surface area contributed by atoms with E-state index < -0.39 is 0 Å². The lowest BCUT2D eigenvalue weighted by atomic mass is 10.1. The van der Waals surface area contributed by atoms with Crippen LogP contribution < -0.4 is 10.6 Å². The third-order valence-corrected chi connectivity index (χ3v) is 4.74. The first-order valence-corrected chi connectivity index (χ1v) is 8.76. The molecule has 126 valence electrons. The van der Waals surface area contributed by atoms with Gasteiger partial charge in [-0.2, -0.15) is 0 Å². The second-order valence-electron chi connectivity index (χ2n) is 6.37. The zero-order chi connectivity index (χ0) is 15.9. The number of aliphatic imine (C=N–C) groups is 1. The Morgan fingerprint density at radius 3 is 2.74 bits per heavy atom. The van der Waals surface area contributed by atoms with E-state index in [1.54, 1.807) is 6.26 Å². The van der Waals surface area contributed by atoms with Crippen LogP contribution >= 0.6 is 0 Å². The predicted octanol–water partition coefficient (Wildman–Crippen LogP) is 2.69. The number of likely N-dealkylation sites (tertiary alicyclic amines) is 1. The first kappa shape index (κ1) is 16.1. The van der Waals surface area contributed by atoms with Gasteiger partial charge in [-0.15, -0.1) is 0 Å². The Labute approximate surface area is 138 Å². The molecule has 0 spiro atoms. The third-order valence-electron chi connectivity index (χ3n) is 4.74. The van der Waals surface area contributed by atoms with Crippen LogP contribution in [0, 0.1) is 0 Å². The van der Waals surface area contributed by atoms with Crippen LogP contribution in [0.15, 0.2) is 40.0 Å². The molecule has 5 heteroatoms. The van der Waals surface area contributed by atoms with Gasteiger partial charge in [-0.3, -0.25) is 9.89 Å². The van der Waals surface area contributed by atoms with Crippen molar-refractivity contribution >= 4 is 5.96 Å². The Morgan fingerprint density at radius 2 is 2.09 bits per heavy atom. The molecule has 5 nitrogen and oxygen atoms in total. The van der Waals surface area contributed by atoms with E-state index in [2.05, 4.69) is 38.7 Å². The van der Waals surface area contributed by atoms with Gasteiger partial charge in [0.05, 0.1) is 12.3 Å². The number of piperidine rings is 1. The Hall–Kier alpha value is -1.75. The van der Waals surface area contributed by atoms with Crippen LogP contribution in [0.3, 0.4) is 0 Å². The predicted molar refractivity (Wildman–Crippen MR) is 93.5 cm³/mol. The highest BCUT2D eigenvalue weighted by Gasteiger charge is 2.24. The molecular weight excluding hydrogens is 288 g/mol. The van der Waals surface area contributed by atoms with Crippen LogP contribution in [0.2, 0.25) is 0 Å². The van der Waals surface area contributed by atoms with Crippen LogP contribution in [0.25, 0.3) is 0 Å². The third kappa shape index (κ3) is 4.38. The lowest BCUT2D eigenvalue weighted by molar-refractivity contribution is 0.146. The summed E-state index contributed by atoms with van der Waals surface area (Å²) in [4.78, 5) is 6.89. The maximum atomic E-state index is 5.70. The molecule has 1 saturated heterocycles. The van der Waals surface area contributed by atoms with Crippen LogP contribution in [0.4, 0.5) is 0 Å². The van der Waals surface area contributed by atoms with Gasteiger partial charge >= 0.3 is 0 Å². The monoisotopic (exact) mass is 316 g/mol. The molecule has 1 aromatic heterocycles. The van der Waals surface area contributed by atoms with Crippen molar-refractivity contribution in [2.24, 2.45) is 4.99 Å². The van der Waals surface area contributed by atoms with Gasteiger partial charge in [0.2, 0.25) is 0 Å². The summed E-state index contributed by atoms with van der Waals surface area (Å²) in [7, 11) is 1.83. The van der Waals surface area contributed by atoms with Gasteiger partial charge in [-0.1, -0.05) is 18.6 Å². The van der Waals surface area contributed by atoms with Crippen molar-refractivity contribution in [2.45, 2.75) is 44.2 Å². The molecule has 0 radical (unpaired) electrons. The molecule has 2 N–H and O–H groups in total. The first-order valence-electron chi connectivity index (χ1n) is 8.76. The highest BCUT2D eigenvalue weighted by atomic mass is 16.3. The molecule has 1 fully saturated rings. The molecule has 0 bridgehead atoms. The van der Waals surface area contributed by atoms with Crippen molar-refractivity contribution in [3.05, 3.63) is 36.3 Å². The molecule has 0 saturated carbocycles. The molecule has 23 heavy (non-hydrogen) atoms. The SMILES string of the molecule is CN=C(NCC(c1ccco1)N1CCCCC1)NC1CC=CC1. The number of hydrogen-bond donors (Lipinski definition) is 2. The summed E-state index contributed by atoms with van der Waals surface area (Å²) in [5.74, 6) is 1.92. The van der Waals surface area contributed by atoms with E-state index in [-0.39, 0.29) is 6.04 Å². The van der Waals surface area contributed by atoms with Crippen LogP contribution in [-0.4, -0.2) is 43.6 Å². The largest absolute Gasteiger partial charge is 0.468 e. The van der Waals surface area contributed by atoms with E-state index in [1.807, 2.05) is 13.1 Å². The first-order chi connectivity index (χ1) is 11.4. The summed E-state index contributed by atoms with van der Waals surface area (Å²) in [5.41, 5.74) is 0. The number of rotatable bonds is 5. The van der Waals surface area contributed by atoms with Crippen molar-refractivity contribution in [3.8, 4) is 0 Å². The van der Waals surface area contributed by atoms with Crippen LogP contribution in [0.1, 0.15) is 43.9 Å². The fourth-order valence-electron chi connectivity index (χ4n) is 3.44. The Bertz CT molecular complexity index is 509. The minimum Gasteiger partial charge on any atom is -0.468 e. The Kier molecular flexibility index (Phi) is 5.75. The number of guanidine groups is 1. The maximum absolute atomic E-state index is 5.70. The fraction of sp³-hybridized carbons (Fsp3) is 0.611. The van der Waals surface area contributed by atoms with Gasteiger partial charge in [-0.05, 0) is 50.9 Å². The molecule has 1 unspecified atom stereocenters. The molecule has 3 rings (SSSR count). The molecule has 1 aromatic rings. The topological polar surface area (TPSA) is 52.8 Å². The summed E-state index contributed by atoms with van der Waals surface area (Å²) in [5, 5.41) is 6.99. The second kappa shape index (κ2) is 8.20. The zero-order valence-electron chi connectivity index (χ0n) is 14.0. The molecule has 1 atom stereocenters. The molecule has 1 aliphatic carbocycles. The van der Waals surface area contributed by atoms with Gasteiger partial charge in [0, 0.05) is 19.6 Å². The summed E-state index contributed by atoms with van der Waals surface area (Å²) >= 11 is 0. The van der Waals surface area contributed by atoms with Gasteiger partial charge in [0.25, 0.3) is 0 Å². The number of furan rings is 1.